The average Bonchev–Trinajstić information content (AvgIpc) is 3.21. The second-order valence-electron chi connectivity index (χ2n) is 7.41. The Morgan fingerprint density at radius 2 is 1.92 bits per heavy atom. The molecule has 6 heteroatoms. The lowest BCUT2D eigenvalue weighted by atomic mass is 9.72. The average molecular weight is 353 g/mol. The lowest BCUT2D eigenvalue weighted by Gasteiger charge is -2.47. The Kier molecular flexibility index (Phi) is 4.49. The van der Waals surface area contributed by atoms with Crippen molar-refractivity contribution in [2.45, 2.75) is 32.2 Å². The molecule has 0 aromatic carbocycles. The van der Waals surface area contributed by atoms with Gasteiger partial charge >= 0.3 is 0 Å². The van der Waals surface area contributed by atoms with E-state index in [9.17, 15) is 9.59 Å². The molecule has 136 valence electrons. The first-order valence-electron chi connectivity index (χ1n) is 9.13. The molecule has 2 aliphatic rings. The number of hydrogen-bond acceptors (Lipinski definition) is 4. The van der Waals surface area contributed by atoms with Gasteiger partial charge in [-0.15, -0.1) is 0 Å². The van der Waals surface area contributed by atoms with Gasteiger partial charge in [0.05, 0.1) is 11.8 Å². The number of rotatable bonds is 3. The molecule has 2 amide bonds. The van der Waals surface area contributed by atoms with E-state index in [2.05, 4.69) is 4.98 Å². The van der Waals surface area contributed by atoms with Gasteiger partial charge in [-0.05, 0) is 48.4 Å². The number of nitrogens with zero attached hydrogens (tertiary/aromatic N) is 3. The van der Waals surface area contributed by atoms with Crippen LogP contribution in [0, 0.1) is 5.41 Å². The van der Waals surface area contributed by atoms with Gasteiger partial charge in [-0.1, -0.05) is 0 Å². The Balaban J connectivity index is 1.40. The topological polar surface area (TPSA) is 66.7 Å². The number of furan rings is 1. The number of pyridine rings is 1. The first-order valence-corrected chi connectivity index (χ1v) is 9.13. The maximum absolute atomic E-state index is 12.5. The molecule has 2 fully saturated rings. The molecule has 26 heavy (non-hydrogen) atoms. The van der Waals surface area contributed by atoms with Crippen LogP contribution >= 0.6 is 0 Å². The molecule has 2 saturated heterocycles. The molecule has 4 heterocycles. The van der Waals surface area contributed by atoms with E-state index in [1.807, 2.05) is 21.9 Å². The van der Waals surface area contributed by atoms with Gasteiger partial charge in [0.2, 0.25) is 5.91 Å². The zero-order valence-electron chi connectivity index (χ0n) is 14.8. The zero-order valence-corrected chi connectivity index (χ0v) is 14.8. The first-order chi connectivity index (χ1) is 12.7. The van der Waals surface area contributed by atoms with E-state index in [1.165, 1.54) is 12.5 Å². The number of piperidine rings is 2. The minimum Gasteiger partial charge on any atom is -0.472 e. The van der Waals surface area contributed by atoms with Gasteiger partial charge in [0.1, 0.15) is 6.26 Å². The van der Waals surface area contributed by atoms with Crippen molar-refractivity contribution in [3.63, 3.8) is 0 Å². The summed E-state index contributed by atoms with van der Waals surface area (Å²) >= 11 is 0. The van der Waals surface area contributed by atoms with Gasteiger partial charge < -0.3 is 14.2 Å². The van der Waals surface area contributed by atoms with Gasteiger partial charge in [0, 0.05) is 45.0 Å². The number of carbonyl (C=O) groups excluding carboxylic acids is 2. The van der Waals surface area contributed by atoms with Gasteiger partial charge in [0.15, 0.2) is 0 Å². The van der Waals surface area contributed by atoms with Crippen molar-refractivity contribution in [2.75, 3.05) is 19.6 Å². The van der Waals surface area contributed by atoms with Crippen molar-refractivity contribution >= 4 is 11.8 Å². The molecule has 0 aliphatic carbocycles. The first kappa shape index (κ1) is 16.8. The molecule has 0 N–H and O–H groups in total. The predicted molar refractivity (Wildman–Crippen MR) is 95.2 cm³/mol. The highest BCUT2D eigenvalue weighted by Crippen LogP contribution is 2.40. The molecule has 2 aromatic heterocycles. The van der Waals surface area contributed by atoms with Gasteiger partial charge in [-0.2, -0.15) is 0 Å². The van der Waals surface area contributed by atoms with E-state index in [1.54, 1.807) is 18.5 Å². The Bertz CT molecular complexity index is 765. The summed E-state index contributed by atoms with van der Waals surface area (Å²) in [6.45, 7) is 2.89. The molecule has 2 aromatic rings. The van der Waals surface area contributed by atoms with E-state index in [0.29, 0.717) is 18.5 Å². The number of carbonyl (C=O) groups is 2. The van der Waals surface area contributed by atoms with E-state index in [0.717, 1.165) is 44.5 Å². The molecule has 1 spiro atoms. The highest BCUT2D eigenvalue weighted by atomic mass is 16.3. The quantitative estimate of drug-likeness (QED) is 0.851. The van der Waals surface area contributed by atoms with Crippen LogP contribution in [0.25, 0.3) is 0 Å². The summed E-state index contributed by atoms with van der Waals surface area (Å²) < 4.78 is 5.02. The van der Waals surface area contributed by atoms with Crippen LogP contribution < -0.4 is 0 Å². The van der Waals surface area contributed by atoms with E-state index in [-0.39, 0.29) is 17.2 Å². The van der Waals surface area contributed by atoms with Crippen LogP contribution in [0.4, 0.5) is 0 Å². The molecule has 6 nitrogen and oxygen atoms in total. The standard InChI is InChI=1S/C20H23N3O3/c24-18-1-5-20(15-23(18)13-16-2-8-21-9-3-16)6-10-22(11-7-20)19(25)17-4-12-26-14-17/h2-4,8-9,12,14H,1,5-7,10-11,13,15H2. The summed E-state index contributed by atoms with van der Waals surface area (Å²) in [4.78, 5) is 32.8. The molecule has 4 rings (SSSR count). The highest BCUT2D eigenvalue weighted by Gasteiger charge is 2.41. The van der Waals surface area contributed by atoms with Crippen molar-refractivity contribution in [3.8, 4) is 0 Å². The van der Waals surface area contributed by atoms with Gasteiger partial charge in [0.25, 0.3) is 5.91 Å². The third-order valence-corrected chi connectivity index (χ3v) is 5.75. The summed E-state index contributed by atoms with van der Waals surface area (Å²) in [5, 5.41) is 0. The van der Waals surface area contributed by atoms with Gasteiger partial charge in [-0.3, -0.25) is 14.6 Å². The molecule has 0 unspecified atom stereocenters. The van der Waals surface area contributed by atoms with Crippen LogP contribution in [0.3, 0.4) is 0 Å². The Morgan fingerprint density at radius 1 is 1.15 bits per heavy atom. The van der Waals surface area contributed by atoms with Crippen molar-refractivity contribution in [1.82, 2.24) is 14.8 Å². The van der Waals surface area contributed by atoms with Crippen molar-refractivity contribution in [1.29, 1.82) is 0 Å². The largest absolute Gasteiger partial charge is 0.472 e. The summed E-state index contributed by atoms with van der Waals surface area (Å²) in [7, 11) is 0. The second-order valence-corrected chi connectivity index (χ2v) is 7.41. The van der Waals surface area contributed by atoms with Crippen molar-refractivity contribution in [2.24, 2.45) is 5.41 Å². The van der Waals surface area contributed by atoms with Crippen LogP contribution in [-0.2, 0) is 11.3 Å². The number of likely N-dealkylation sites (tertiary alicyclic amines) is 2. The monoisotopic (exact) mass is 353 g/mol. The third kappa shape index (κ3) is 3.36. The second kappa shape index (κ2) is 6.94. The lowest BCUT2D eigenvalue weighted by molar-refractivity contribution is -0.139. The predicted octanol–water partition coefficient (Wildman–Crippen LogP) is 2.72. The number of amides is 2. The molecule has 0 radical (unpaired) electrons. The van der Waals surface area contributed by atoms with Crippen LogP contribution in [0.1, 0.15) is 41.6 Å². The minimum atomic E-state index is 0.0362. The third-order valence-electron chi connectivity index (χ3n) is 5.75. The molecular formula is C20H23N3O3. The highest BCUT2D eigenvalue weighted by molar-refractivity contribution is 5.93. The van der Waals surface area contributed by atoms with Crippen molar-refractivity contribution in [3.05, 3.63) is 54.2 Å². The van der Waals surface area contributed by atoms with Crippen molar-refractivity contribution < 1.29 is 14.0 Å². The minimum absolute atomic E-state index is 0.0362. The Labute approximate surface area is 152 Å². The van der Waals surface area contributed by atoms with E-state index < -0.39 is 0 Å². The van der Waals surface area contributed by atoms with Crippen LogP contribution in [0.2, 0.25) is 0 Å². The van der Waals surface area contributed by atoms with Crippen LogP contribution in [0.15, 0.2) is 47.5 Å². The van der Waals surface area contributed by atoms with Gasteiger partial charge in [-0.25, -0.2) is 0 Å². The zero-order chi connectivity index (χ0) is 18.0. The fraction of sp³-hybridized carbons (Fsp3) is 0.450. The summed E-state index contributed by atoms with van der Waals surface area (Å²) in [5.41, 5.74) is 1.85. The SMILES string of the molecule is O=C1CCC2(CCN(C(=O)c3ccoc3)CC2)CN1Cc1ccncc1. The molecule has 0 atom stereocenters. The van der Waals surface area contributed by atoms with Crippen LogP contribution in [0.5, 0.6) is 0 Å². The fourth-order valence-electron chi connectivity index (χ4n) is 4.12. The number of hydrogen-bond donors (Lipinski definition) is 0. The van der Waals surface area contributed by atoms with Crippen LogP contribution in [-0.4, -0.2) is 46.2 Å². The Hall–Kier alpha value is -2.63. The normalized spacial score (nSPS) is 19.8. The fourth-order valence-corrected chi connectivity index (χ4v) is 4.12. The van der Waals surface area contributed by atoms with E-state index >= 15 is 0 Å². The summed E-state index contributed by atoms with van der Waals surface area (Å²) in [6.07, 6.45) is 9.96. The summed E-state index contributed by atoms with van der Waals surface area (Å²) in [6, 6.07) is 5.63. The molecule has 0 saturated carbocycles. The summed E-state index contributed by atoms with van der Waals surface area (Å²) in [5.74, 6) is 0.262. The molecule has 2 aliphatic heterocycles. The van der Waals surface area contributed by atoms with E-state index in [4.69, 9.17) is 4.42 Å². The maximum Gasteiger partial charge on any atom is 0.257 e. The smallest absolute Gasteiger partial charge is 0.257 e. The number of aromatic nitrogens is 1. The lowest BCUT2D eigenvalue weighted by Crippen LogP contribution is -2.52. The maximum atomic E-state index is 12.5. The Morgan fingerprint density at radius 3 is 2.62 bits per heavy atom. The molecule has 0 bridgehead atoms. The molecular weight excluding hydrogens is 330 g/mol.